The number of anilines is 1. The number of aromatic nitrogens is 1. The lowest BCUT2D eigenvalue weighted by atomic mass is 10.1. The number of hydrogen-bond donors (Lipinski definition) is 1. The van der Waals surface area contributed by atoms with Crippen LogP contribution in [0.1, 0.15) is 18.4 Å². The first-order valence-corrected chi connectivity index (χ1v) is 8.77. The van der Waals surface area contributed by atoms with Gasteiger partial charge in [0.25, 0.3) is 0 Å². The summed E-state index contributed by atoms with van der Waals surface area (Å²) in [6, 6.07) is 14.1. The second kappa shape index (κ2) is 6.75. The number of rotatable bonds is 4. The number of carbonyl (C=O) groups is 2. The van der Waals surface area contributed by atoms with E-state index in [0.717, 1.165) is 5.56 Å². The van der Waals surface area contributed by atoms with Gasteiger partial charge in [-0.2, -0.15) is 0 Å². The van der Waals surface area contributed by atoms with E-state index in [9.17, 15) is 14.4 Å². The van der Waals surface area contributed by atoms with Gasteiger partial charge in [0.15, 0.2) is 5.58 Å². The van der Waals surface area contributed by atoms with E-state index in [4.69, 9.17) is 4.42 Å². The lowest BCUT2D eigenvalue weighted by molar-refractivity contribution is -0.133. The van der Waals surface area contributed by atoms with Gasteiger partial charge in [0.05, 0.1) is 5.52 Å². The molecule has 27 heavy (non-hydrogen) atoms. The fraction of sp³-hybridized carbons (Fsp3) is 0.250. The molecular formula is C20H19N3O4. The average Bonchev–Trinajstić information content (AvgIpc) is 3.16. The highest BCUT2D eigenvalue weighted by atomic mass is 16.4. The van der Waals surface area contributed by atoms with Crippen LogP contribution in [0.25, 0.3) is 11.1 Å². The van der Waals surface area contributed by atoms with Crippen molar-refractivity contribution < 1.29 is 14.0 Å². The Labute approximate surface area is 155 Å². The van der Waals surface area contributed by atoms with Gasteiger partial charge < -0.3 is 14.6 Å². The first-order valence-electron chi connectivity index (χ1n) is 8.77. The lowest BCUT2D eigenvalue weighted by Crippen LogP contribution is -2.41. The van der Waals surface area contributed by atoms with E-state index in [1.165, 1.54) is 4.57 Å². The predicted octanol–water partition coefficient (Wildman–Crippen LogP) is 2.26. The SMILES string of the molecule is Cn1c(=O)oc2cc(NC(=O)C3CCC(=O)N3Cc3ccccc3)ccc21. The van der Waals surface area contributed by atoms with E-state index < -0.39 is 11.8 Å². The van der Waals surface area contributed by atoms with Crippen molar-refractivity contribution >= 4 is 28.6 Å². The molecule has 2 heterocycles. The second-order valence-corrected chi connectivity index (χ2v) is 6.66. The molecule has 1 fully saturated rings. The molecule has 3 aromatic rings. The maximum absolute atomic E-state index is 12.8. The Morgan fingerprint density at radius 3 is 2.74 bits per heavy atom. The molecule has 1 aliphatic heterocycles. The quantitative estimate of drug-likeness (QED) is 0.769. The maximum Gasteiger partial charge on any atom is 0.419 e. The standard InChI is InChI=1S/C20H19N3O4/c1-22-15-8-7-14(11-17(15)27-20(22)26)21-19(25)16-9-10-18(24)23(16)12-13-5-3-2-4-6-13/h2-8,11,16H,9-10,12H2,1H3,(H,21,25). The summed E-state index contributed by atoms with van der Waals surface area (Å²) in [6.45, 7) is 0.407. The van der Waals surface area contributed by atoms with Gasteiger partial charge in [-0.1, -0.05) is 30.3 Å². The van der Waals surface area contributed by atoms with E-state index in [2.05, 4.69) is 5.32 Å². The zero-order chi connectivity index (χ0) is 19.0. The summed E-state index contributed by atoms with van der Waals surface area (Å²) in [6.07, 6.45) is 0.845. The molecular weight excluding hydrogens is 346 g/mol. The third-order valence-corrected chi connectivity index (χ3v) is 4.89. The van der Waals surface area contributed by atoms with Gasteiger partial charge in [-0.05, 0) is 24.1 Å². The summed E-state index contributed by atoms with van der Waals surface area (Å²) in [4.78, 5) is 38.2. The zero-order valence-corrected chi connectivity index (χ0v) is 14.8. The molecule has 7 nitrogen and oxygen atoms in total. The van der Waals surface area contributed by atoms with Crippen LogP contribution in [0.5, 0.6) is 0 Å². The molecule has 1 unspecified atom stereocenters. The van der Waals surface area contributed by atoms with Crippen LogP contribution in [-0.4, -0.2) is 27.3 Å². The Morgan fingerprint density at radius 2 is 1.96 bits per heavy atom. The molecule has 0 spiro atoms. The monoisotopic (exact) mass is 365 g/mol. The van der Waals surface area contributed by atoms with Crippen molar-refractivity contribution in [2.45, 2.75) is 25.4 Å². The van der Waals surface area contributed by atoms with Gasteiger partial charge in [0.2, 0.25) is 11.8 Å². The van der Waals surface area contributed by atoms with E-state index >= 15 is 0 Å². The molecule has 1 atom stereocenters. The number of carbonyl (C=O) groups excluding carboxylic acids is 2. The van der Waals surface area contributed by atoms with Crippen LogP contribution in [-0.2, 0) is 23.2 Å². The molecule has 1 aliphatic rings. The van der Waals surface area contributed by atoms with Crippen molar-refractivity contribution in [1.29, 1.82) is 0 Å². The molecule has 0 saturated carbocycles. The minimum atomic E-state index is -0.517. The first kappa shape index (κ1) is 17.1. The fourth-order valence-corrected chi connectivity index (χ4v) is 3.42. The molecule has 0 bridgehead atoms. The van der Waals surface area contributed by atoms with Crippen molar-refractivity contribution in [3.8, 4) is 0 Å². The van der Waals surface area contributed by atoms with Gasteiger partial charge in [0.1, 0.15) is 6.04 Å². The van der Waals surface area contributed by atoms with Gasteiger partial charge in [-0.25, -0.2) is 4.79 Å². The Hall–Kier alpha value is -3.35. The average molecular weight is 365 g/mol. The third kappa shape index (κ3) is 3.23. The lowest BCUT2D eigenvalue weighted by Gasteiger charge is -2.24. The molecule has 0 radical (unpaired) electrons. The number of hydrogen-bond acceptors (Lipinski definition) is 4. The predicted molar refractivity (Wildman–Crippen MR) is 100 cm³/mol. The molecule has 1 aromatic heterocycles. The van der Waals surface area contributed by atoms with Crippen molar-refractivity contribution in [2.24, 2.45) is 7.05 Å². The summed E-state index contributed by atoms with van der Waals surface area (Å²) in [5.41, 5.74) is 2.57. The largest absolute Gasteiger partial charge is 0.419 e. The van der Waals surface area contributed by atoms with Crippen LogP contribution in [0.3, 0.4) is 0 Å². The Balaban J connectivity index is 1.53. The number of aryl methyl sites for hydroxylation is 1. The topological polar surface area (TPSA) is 84.5 Å². The Bertz CT molecular complexity index is 1070. The minimum Gasteiger partial charge on any atom is -0.408 e. The number of amides is 2. The van der Waals surface area contributed by atoms with Crippen LogP contribution < -0.4 is 11.1 Å². The number of fused-ring (bicyclic) bond motifs is 1. The number of likely N-dealkylation sites (tertiary alicyclic amines) is 1. The minimum absolute atomic E-state index is 0.0245. The van der Waals surface area contributed by atoms with E-state index in [1.807, 2.05) is 30.3 Å². The number of benzene rings is 2. The Kier molecular flexibility index (Phi) is 4.27. The molecule has 4 rings (SSSR count). The highest BCUT2D eigenvalue weighted by molar-refractivity contribution is 5.99. The van der Waals surface area contributed by atoms with Crippen LogP contribution in [0.2, 0.25) is 0 Å². The van der Waals surface area contributed by atoms with Crippen molar-refractivity contribution in [1.82, 2.24) is 9.47 Å². The van der Waals surface area contributed by atoms with Gasteiger partial charge >= 0.3 is 5.76 Å². The fourth-order valence-electron chi connectivity index (χ4n) is 3.42. The molecule has 0 aliphatic carbocycles. The van der Waals surface area contributed by atoms with Crippen LogP contribution >= 0.6 is 0 Å². The summed E-state index contributed by atoms with van der Waals surface area (Å²) in [5.74, 6) is -0.721. The number of nitrogens with zero attached hydrogens (tertiary/aromatic N) is 2. The van der Waals surface area contributed by atoms with Crippen molar-refractivity contribution in [3.05, 3.63) is 64.6 Å². The summed E-state index contributed by atoms with van der Waals surface area (Å²) in [7, 11) is 1.62. The second-order valence-electron chi connectivity index (χ2n) is 6.66. The molecule has 1 N–H and O–H groups in total. The van der Waals surface area contributed by atoms with E-state index in [1.54, 1.807) is 30.1 Å². The Morgan fingerprint density at radius 1 is 1.19 bits per heavy atom. The first-order chi connectivity index (χ1) is 13.0. The van der Waals surface area contributed by atoms with Crippen molar-refractivity contribution in [2.75, 3.05) is 5.32 Å². The highest BCUT2D eigenvalue weighted by Crippen LogP contribution is 2.24. The van der Waals surface area contributed by atoms with Crippen LogP contribution in [0, 0.1) is 0 Å². The summed E-state index contributed by atoms with van der Waals surface area (Å²) >= 11 is 0. The zero-order valence-electron chi connectivity index (χ0n) is 14.8. The van der Waals surface area contributed by atoms with Crippen LogP contribution in [0.15, 0.2) is 57.7 Å². The van der Waals surface area contributed by atoms with Crippen molar-refractivity contribution in [3.63, 3.8) is 0 Å². The molecule has 1 saturated heterocycles. The third-order valence-electron chi connectivity index (χ3n) is 4.89. The van der Waals surface area contributed by atoms with Gasteiger partial charge in [0, 0.05) is 31.8 Å². The number of oxazole rings is 1. The van der Waals surface area contributed by atoms with Gasteiger partial charge in [-0.15, -0.1) is 0 Å². The van der Waals surface area contributed by atoms with E-state index in [0.29, 0.717) is 36.2 Å². The number of nitrogens with one attached hydrogen (secondary N) is 1. The van der Waals surface area contributed by atoms with Gasteiger partial charge in [-0.3, -0.25) is 14.2 Å². The van der Waals surface area contributed by atoms with E-state index in [-0.39, 0.29) is 11.8 Å². The maximum atomic E-state index is 12.8. The molecule has 7 heteroatoms. The smallest absolute Gasteiger partial charge is 0.408 e. The summed E-state index contributed by atoms with van der Waals surface area (Å²) < 4.78 is 6.56. The molecule has 2 aromatic carbocycles. The van der Waals surface area contributed by atoms with Crippen LogP contribution in [0.4, 0.5) is 5.69 Å². The highest BCUT2D eigenvalue weighted by Gasteiger charge is 2.36. The molecule has 2 amide bonds. The normalized spacial score (nSPS) is 16.9. The summed E-state index contributed by atoms with van der Waals surface area (Å²) in [5, 5.41) is 2.84. The molecule has 138 valence electrons.